The van der Waals surface area contributed by atoms with Crippen molar-refractivity contribution < 1.29 is 9.90 Å². The van der Waals surface area contributed by atoms with Crippen LogP contribution in [0.2, 0.25) is 5.02 Å². The molecule has 1 aliphatic rings. The number of rotatable bonds is 5. The van der Waals surface area contributed by atoms with Crippen LogP contribution < -0.4 is 0 Å². The van der Waals surface area contributed by atoms with E-state index < -0.39 is 5.97 Å². The molecule has 0 heterocycles. The Morgan fingerprint density at radius 3 is 2.78 bits per heavy atom. The number of benzene rings is 1. The van der Waals surface area contributed by atoms with Gasteiger partial charge in [0.15, 0.2) is 0 Å². The summed E-state index contributed by atoms with van der Waals surface area (Å²) in [5, 5.41) is 18.1. The van der Waals surface area contributed by atoms with Crippen LogP contribution >= 0.6 is 23.4 Å². The van der Waals surface area contributed by atoms with Gasteiger partial charge in [-0.05, 0) is 36.5 Å². The van der Waals surface area contributed by atoms with Gasteiger partial charge in [-0.3, -0.25) is 4.79 Å². The van der Waals surface area contributed by atoms with Crippen LogP contribution in [0.5, 0.6) is 0 Å². The van der Waals surface area contributed by atoms with E-state index in [1.807, 2.05) is 12.1 Å². The van der Waals surface area contributed by atoms with E-state index >= 15 is 0 Å². The molecule has 0 bridgehead atoms. The Morgan fingerprint density at radius 2 is 2.28 bits per heavy atom. The summed E-state index contributed by atoms with van der Waals surface area (Å²) in [7, 11) is 0. The normalized spacial score (nSPS) is 16.0. The molecule has 1 fully saturated rings. The standard InChI is InChI=1S/C13H12ClNO2S/c14-10-5-9(7-15)1-2-11(10)18-8-13(3-4-13)6-12(16)17/h1-2,5H,3-4,6,8H2,(H,16,17). The van der Waals surface area contributed by atoms with Gasteiger partial charge in [-0.1, -0.05) is 11.6 Å². The molecule has 5 heteroatoms. The third kappa shape index (κ3) is 3.18. The number of aliphatic carboxylic acids is 1. The van der Waals surface area contributed by atoms with Gasteiger partial charge in [-0.2, -0.15) is 5.26 Å². The summed E-state index contributed by atoms with van der Waals surface area (Å²) in [5.41, 5.74) is 0.490. The van der Waals surface area contributed by atoms with Crippen molar-refractivity contribution in [2.75, 3.05) is 5.75 Å². The third-order valence-electron chi connectivity index (χ3n) is 3.08. The monoisotopic (exact) mass is 281 g/mol. The van der Waals surface area contributed by atoms with Gasteiger partial charge in [0.25, 0.3) is 0 Å². The molecule has 0 amide bonds. The Bertz CT molecular complexity index is 520. The number of hydrogen-bond donors (Lipinski definition) is 1. The van der Waals surface area contributed by atoms with Crippen LogP contribution in [0.3, 0.4) is 0 Å². The second-order valence-corrected chi connectivity index (χ2v) is 6.04. The summed E-state index contributed by atoms with van der Waals surface area (Å²) in [6, 6.07) is 7.22. The molecule has 94 valence electrons. The molecule has 0 aliphatic heterocycles. The predicted octanol–water partition coefficient (Wildman–Crippen LogP) is 3.56. The average molecular weight is 282 g/mol. The number of carbonyl (C=O) groups is 1. The number of hydrogen-bond acceptors (Lipinski definition) is 3. The van der Waals surface area contributed by atoms with E-state index in [2.05, 4.69) is 0 Å². The van der Waals surface area contributed by atoms with Crippen LogP contribution in [0.25, 0.3) is 0 Å². The molecule has 0 atom stereocenters. The Hall–Kier alpha value is -1.18. The van der Waals surface area contributed by atoms with Crippen molar-refractivity contribution in [1.29, 1.82) is 5.26 Å². The van der Waals surface area contributed by atoms with Crippen molar-refractivity contribution >= 4 is 29.3 Å². The van der Waals surface area contributed by atoms with Gasteiger partial charge in [-0.15, -0.1) is 11.8 Å². The fourth-order valence-electron chi connectivity index (χ4n) is 1.79. The lowest BCUT2D eigenvalue weighted by atomic mass is 10.1. The molecule has 3 nitrogen and oxygen atoms in total. The van der Waals surface area contributed by atoms with Gasteiger partial charge >= 0.3 is 5.97 Å². The quantitative estimate of drug-likeness (QED) is 0.838. The zero-order chi connectivity index (χ0) is 13.2. The number of nitriles is 1. The second kappa shape index (κ2) is 5.21. The number of halogens is 1. The highest BCUT2D eigenvalue weighted by atomic mass is 35.5. The van der Waals surface area contributed by atoms with Gasteiger partial charge in [0.1, 0.15) is 0 Å². The van der Waals surface area contributed by atoms with Gasteiger partial charge in [0.05, 0.1) is 23.1 Å². The third-order valence-corrected chi connectivity index (χ3v) is 4.93. The first-order valence-corrected chi connectivity index (χ1v) is 6.95. The fraction of sp³-hybridized carbons (Fsp3) is 0.385. The molecule has 0 unspecified atom stereocenters. The summed E-state index contributed by atoms with van der Waals surface area (Å²) in [6.07, 6.45) is 2.17. The highest BCUT2D eigenvalue weighted by Crippen LogP contribution is 2.52. The Morgan fingerprint density at radius 1 is 1.56 bits per heavy atom. The number of nitrogens with zero attached hydrogens (tertiary/aromatic N) is 1. The smallest absolute Gasteiger partial charge is 0.303 e. The number of carboxylic acid groups (broad SMARTS) is 1. The topological polar surface area (TPSA) is 61.1 Å². The van der Waals surface area contributed by atoms with E-state index in [9.17, 15) is 4.79 Å². The molecule has 1 aromatic carbocycles. The Kier molecular flexibility index (Phi) is 3.84. The van der Waals surface area contributed by atoms with Gasteiger partial charge in [-0.25, -0.2) is 0 Å². The predicted molar refractivity (Wildman–Crippen MR) is 70.8 cm³/mol. The van der Waals surface area contributed by atoms with Crippen LogP contribution in [-0.4, -0.2) is 16.8 Å². The van der Waals surface area contributed by atoms with Crippen molar-refractivity contribution in [3.8, 4) is 6.07 Å². The number of thioether (sulfide) groups is 1. The minimum Gasteiger partial charge on any atom is -0.481 e. The largest absolute Gasteiger partial charge is 0.481 e. The minimum absolute atomic E-state index is 0.0479. The zero-order valence-electron chi connectivity index (χ0n) is 9.65. The van der Waals surface area contributed by atoms with E-state index in [1.54, 1.807) is 23.9 Å². The molecule has 1 N–H and O–H groups in total. The zero-order valence-corrected chi connectivity index (χ0v) is 11.2. The molecule has 2 rings (SSSR count). The lowest BCUT2D eigenvalue weighted by Crippen LogP contribution is -2.10. The SMILES string of the molecule is N#Cc1ccc(SCC2(CC(=O)O)CC2)c(Cl)c1. The van der Waals surface area contributed by atoms with E-state index in [-0.39, 0.29) is 11.8 Å². The van der Waals surface area contributed by atoms with Crippen LogP contribution in [-0.2, 0) is 4.79 Å². The van der Waals surface area contributed by atoms with E-state index in [0.717, 1.165) is 23.5 Å². The van der Waals surface area contributed by atoms with Crippen LogP contribution in [0.4, 0.5) is 0 Å². The summed E-state index contributed by atoms with van der Waals surface area (Å²) < 4.78 is 0. The van der Waals surface area contributed by atoms with E-state index in [1.165, 1.54) is 0 Å². The van der Waals surface area contributed by atoms with E-state index in [4.69, 9.17) is 22.0 Å². The van der Waals surface area contributed by atoms with Crippen LogP contribution in [0, 0.1) is 16.7 Å². The van der Waals surface area contributed by atoms with Crippen molar-refractivity contribution in [1.82, 2.24) is 0 Å². The number of carboxylic acids is 1. The van der Waals surface area contributed by atoms with Crippen molar-refractivity contribution in [2.24, 2.45) is 5.41 Å². The van der Waals surface area contributed by atoms with Crippen LogP contribution in [0.1, 0.15) is 24.8 Å². The first-order valence-electron chi connectivity index (χ1n) is 5.59. The van der Waals surface area contributed by atoms with Gasteiger partial charge in [0.2, 0.25) is 0 Å². The first kappa shape index (κ1) is 13.3. The molecular formula is C13H12ClNO2S. The molecule has 0 aromatic heterocycles. The van der Waals surface area contributed by atoms with Gasteiger partial charge < -0.3 is 5.11 Å². The molecule has 0 radical (unpaired) electrons. The van der Waals surface area contributed by atoms with Crippen molar-refractivity contribution in [3.63, 3.8) is 0 Å². The first-order chi connectivity index (χ1) is 8.54. The van der Waals surface area contributed by atoms with Gasteiger partial charge in [0, 0.05) is 10.6 Å². The highest BCUT2D eigenvalue weighted by Gasteiger charge is 2.44. The Labute approximate surface area is 115 Å². The molecule has 18 heavy (non-hydrogen) atoms. The summed E-state index contributed by atoms with van der Waals surface area (Å²) in [4.78, 5) is 11.7. The van der Waals surface area contributed by atoms with Crippen molar-refractivity contribution in [2.45, 2.75) is 24.2 Å². The maximum Gasteiger partial charge on any atom is 0.303 e. The lowest BCUT2D eigenvalue weighted by Gasteiger charge is -2.12. The molecule has 1 saturated carbocycles. The molecule has 0 spiro atoms. The summed E-state index contributed by atoms with van der Waals surface area (Å²) >= 11 is 7.65. The van der Waals surface area contributed by atoms with E-state index in [0.29, 0.717) is 10.6 Å². The maximum atomic E-state index is 10.7. The molecule has 1 aromatic rings. The minimum atomic E-state index is -0.737. The fourth-order valence-corrected chi connectivity index (χ4v) is 3.35. The molecular weight excluding hydrogens is 270 g/mol. The maximum absolute atomic E-state index is 10.7. The molecule has 0 saturated heterocycles. The summed E-state index contributed by atoms with van der Waals surface area (Å²) in [5.74, 6) is 0.0318. The summed E-state index contributed by atoms with van der Waals surface area (Å²) in [6.45, 7) is 0. The average Bonchev–Trinajstić information content (AvgIpc) is 3.06. The second-order valence-electron chi connectivity index (χ2n) is 4.62. The highest BCUT2D eigenvalue weighted by molar-refractivity contribution is 7.99. The Balaban J connectivity index is 1.99. The van der Waals surface area contributed by atoms with Crippen LogP contribution in [0.15, 0.2) is 23.1 Å². The lowest BCUT2D eigenvalue weighted by molar-refractivity contribution is -0.138. The van der Waals surface area contributed by atoms with Crippen molar-refractivity contribution in [3.05, 3.63) is 28.8 Å². The molecule has 1 aliphatic carbocycles.